The van der Waals surface area contributed by atoms with Gasteiger partial charge in [0.1, 0.15) is 0 Å². The Bertz CT molecular complexity index is 345. The Morgan fingerprint density at radius 3 is 2.88 bits per heavy atom. The molecule has 94 valence electrons. The Kier molecular flexibility index (Phi) is 4.93. The molecular weight excluding hydrogens is 226 g/mol. The lowest BCUT2D eigenvalue weighted by atomic mass is 10.2. The number of hydrogen-bond donors (Lipinski definition) is 1. The Morgan fingerprint density at radius 1 is 1.35 bits per heavy atom. The molecule has 0 saturated heterocycles. The highest BCUT2D eigenvalue weighted by Gasteiger charge is 2.19. The van der Waals surface area contributed by atoms with E-state index >= 15 is 0 Å². The summed E-state index contributed by atoms with van der Waals surface area (Å²) in [4.78, 5) is 1.42. The van der Waals surface area contributed by atoms with Crippen molar-refractivity contribution in [1.82, 2.24) is 5.32 Å². The fourth-order valence-corrected chi connectivity index (χ4v) is 2.94. The van der Waals surface area contributed by atoms with Crippen LogP contribution in [0.3, 0.4) is 0 Å². The van der Waals surface area contributed by atoms with Crippen molar-refractivity contribution in [3.05, 3.63) is 29.8 Å². The van der Waals surface area contributed by atoms with Crippen molar-refractivity contribution in [3.8, 4) is 0 Å². The van der Waals surface area contributed by atoms with E-state index in [-0.39, 0.29) is 0 Å². The highest BCUT2D eigenvalue weighted by atomic mass is 32.2. The fourth-order valence-electron chi connectivity index (χ4n) is 1.71. The van der Waals surface area contributed by atoms with E-state index in [1.807, 2.05) is 11.8 Å². The molecule has 0 bridgehead atoms. The molecule has 0 heterocycles. The summed E-state index contributed by atoms with van der Waals surface area (Å²) in [5.41, 5.74) is 1.42. The minimum atomic E-state index is 0.798. The summed E-state index contributed by atoms with van der Waals surface area (Å²) in [6.45, 7) is 5.61. The van der Waals surface area contributed by atoms with Crippen LogP contribution in [-0.4, -0.2) is 11.8 Å². The molecule has 0 amide bonds. The Balaban J connectivity index is 1.78. The van der Waals surface area contributed by atoms with Crippen molar-refractivity contribution >= 4 is 11.8 Å². The van der Waals surface area contributed by atoms with Crippen molar-refractivity contribution in [2.45, 2.75) is 50.6 Å². The number of thioether (sulfide) groups is 1. The number of hydrogen-bond acceptors (Lipinski definition) is 2. The van der Waals surface area contributed by atoms with Gasteiger partial charge in [-0.1, -0.05) is 26.0 Å². The van der Waals surface area contributed by atoms with Crippen molar-refractivity contribution in [2.24, 2.45) is 5.92 Å². The van der Waals surface area contributed by atoms with Crippen LogP contribution < -0.4 is 5.32 Å². The topological polar surface area (TPSA) is 12.0 Å². The van der Waals surface area contributed by atoms with Gasteiger partial charge in [-0.15, -0.1) is 11.8 Å². The molecule has 1 N–H and O–H groups in total. The molecule has 0 atom stereocenters. The molecule has 1 aromatic carbocycles. The fraction of sp³-hybridized carbons (Fsp3) is 0.600. The van der Waals surface area contributed by atoms with E-state index in [1.165, 1.54) is 35.5 Å². The van der Waals surface area contributed by atoms with Gasteiger partial charge in [-0.25, -0.2) is 0 Å². The van der Waals surface area contributed by atoms with E-state index in [9.17, 15) is 0 Å². The van der Waals surface area contributed by atoms with Crippen LogP contribution in [0, 0.1) is 5.92 Å². The molecule has 1 aromatic rings. The molecule has 1 nitrogen and oxygen atoms in total. The van der Waals surface area contributed by atoms with E-state index < -0.39 is 0 Å². The minimum Gasteiger partial charge on any atom is -0.310 e. The van der Waals surface area contributed by atoms with Crippen LogP contribution in [0.1, 0.15) is 38.7 Å². The van der Waals surface area contributed by atoms with Gasteiger partial charge < -0.3 is 5.32 Å². The molecular formula is C15H23NS. The van der Waals surface area contributed by atoms with E-state index in [4.69, 9.17) is 0 Å². The quantitative estimate of drug-likeness (QED) is 0.731. The maximum absolute atomic E-state index is 3.57. The summed E-state index contributed by atoms with van der Waals surface area (Å²) in [5.74, 6) is 2.04. The van der Waals surface area contributed by atoms with Gasteiger partial charge in [0.2, 0.25) is 0 Å². The summed E-state index contributed by atoms with van der Waals surface area (Å²) < 4.78 is 0. The van der Waals surface area contributed by atoms with Gasteiger partial charge in [-0.05, 0) is 48.6 Å². The minimum absolute atomic E-state index is 0.798. The zero-order valence-corrected chi connectivity index (χ0v) is 11.7. The van der Waals surface area contributed by atoms with Crippen molar-refractivity contribution < 1.29 is 0 Å². The first-order chi connectivity index (χ1) is 8.24. The Hall–Kier alpha value is -0.470. The van der Waals surface area contributed by atoms with E-state index in [0.29, 0.717) is 0 Å². The molecule has 0 aromatic heterocycles. The van der Waals surface area contributed by atoms with Crippen LogP contribution in [0.15, 0.2) is 29.2 Å². The van der Waals surface area contributed by atoms with Gasteiger partial charge in [0.05, 0.1) is 0 Å². The molecule has 1 saturated carbocycles. The third-order valence-electron chi connectivity index (χ3n) is 3.03. The van der Waals surface area contributed by atoms with Gasteiger partial charge in [0, 0.05) is 17.5 Å². The lowest BCUT2D eigenvalue weighted by Gasteiger charge is -2.07. The second-order valence-corrected chi connectivity index (χ2v) is 6.50. The molecule has 1 aliphatic carbocycles. The summed E-state index contributed by atoms with van der Waals surface area (Å²) in [7, 11) is 0. The van der Waals surface area contributed by atoms with Crippen LogP contribution in [0.4, 0.5) is 0 Å². The molecule has 0 unspecified atom stereocenters. The second kappa shape index (κ2) is 6.46. The summed E-state index contributed by atoms with van der Waals surface area (Å²) in [5, 5.41) is 3.57. The lowest BCUT2D eigenvalue weighted by Crippen LogP contribution is -2.15. The molecule has 2 rings (SSSR count). The number of rotatable bonds is 7. The van der Waals surface area contributed by atoms with E-state index in [1.54, 1.807) is 0 Å². The molecule has 0 spiro atoms. The average Bonchev–Trinajstić information content (AvgIpc) is 3.10. The molecule has 1 aliphatic rings. The van der Waals surface area contributed by atoms with Crippen molar-refractivity contribution in [1.29, 1.82) is 0 Å². The van der Waals surface area contributed by atoms with Gasteiger partial charge in [0.15, 0.2) is 0 Å². The monoisotopic (exact) mass is 249 g/mol. The maximum atomic E-state index is 3.57. The average molecular weight is 249 g/mol. The summed E-state index contributed by atoms with van der Waals surface area (Å²) >= 11 is 1.99. The SMILES string of the molecule is CC(C)CCSc1cccc(CNC2CC2)c1. The zero-order chi connectivity index (χ0) is 12.1. The predicted octanol–water partition coefficient (Wildman–Crippen LogP) is 4.08. The van der Waals surface area contributed by atoms with Crippen LogP contribution in [0.2, 0.25) is 0 Å². The van der Waals surface area contributed by atoms with E-state index in [0.717, 1.165) is 18.5 Å². The van der Waals surface area contributed by atoms with E-state index in [2.05, 4.69) is 43.4 Å². The maximum Gasteiger partial charge on any atom is 0.0208 e. The highest BCUT2D eigenvalue weighted by Crippen LogP contribution is 2.23. The van der Waals surface area contributed by atoms with Crippen LogP contribution >= 0.6 is 11.8 Å². The normalized spacial score (nSPS) is 15.5. The summed E-state index contributed by atoms with van der Waals surface area (Å²) in [6, 6.07) is 9.77. The van der Waals surface area contributed by atoms with Gasteiger partial charge in [0.25, 0.3) is 0 Å². The van der Waals surface area contributed by atoms with Gasteiger partial charge in [-0.2, -0.15) is 0 Å². The lowest BCUT2D eigenvalue weighted by molar-refractivity contribution is 0.632. The first-order valence-corrected chi connectivity index (χ1v) is 7.67. The number of benzene rings is 1. The molecule has 2 heteroatoms. The zero-order valence-electron chi connectivity index (χ0n) is 10.9. The van der Waals surface area contributed by atoms with Gasteiger partial charge in [-0.3, -0.25) is 0 Å². The third kappa shape index (κ3) is 5.13. The molecule has 0 aliphatic heterocycles. The van der Waals surface area contributed by atoms with Crippen LogP contribution in [-0.2, 0) is 6.54 Å². The second-order valence-electron chi connectivity index (χ2n) is 5.33. The molecule has 1 fully saturated rings. The van der Waals surface area contributed by atoms with Gasteiger partial charge >= 0.3 is 0 Å². The largest absolute Gasteiger partial charge is 0.310 e. The number of nitrogens with one attached hydrogen (secondary N) is 1. The Labute approximate surface area is 109 Å². The predicted molar refractivity (Wildman–Crippen MR) is 76.5 cm³/mol. The summed E-state index contributed by atoms with van der Waals surface area (Å²) in [6.07, 6.45) is 4.03. The van der Waals surface area contributed by atoms with Crippen LogP contribution in [0.25, 0.3) is 0 Å². The first-order valence-electron chi connectivity index (χ1n) is 6.69. The van der Waals surface area contributed by atoms with Crippen molar-refractivity contribution in [2.75, 3.05) is 5.75 Å². The first kappa shape index (κ1) is 13.0. The Morgan fingerprint density at radius 2 is 2.18 bits per heavy atom. The smallest absolute Gasteiger partial charge is 0.0208 e. The van der Waals surface area contributed by atoms with Crippen molar-refractivity contribution in [3.63, 3.8) is 0 Å². The third-order valence-corrected chi connectivity index (χ3v) is 4.06. The molecule has 0 radical (unpaired) electrons. The standard InChI is InChI=1S/C15H23NS/c1-12(2)8-9-17-15-5-3-4-13(10-15)11-16-14-6-7-14/h3-5,10,12,14,16H,6-9,11H2,1-2H3. The molecule has 17 heavy (non-hydrogen) atoms. The van der Waals surface area contributed by atoms with Crippen LogP contribution in [0.5, 0.6) is 0 Å². The highest BCUT2D eigenvalue weighted by molar-refractivity contribution is 7.99.